The van der Waals surface area contributed by atoms with Gasteiger partial charge in [-0.25, -0.2) is 0 Å². The van der Waals surface area contributed by atoms with Gasteiger partial charge >= 0.3 is 0 Å². The minimum atomic E-state index is 0.0493. The molecule has 2 rings (SSSR count). The lowest BCUT2D eigenvalue weighted by molar-refractivity contribution is -0.122. The van der Waals surface area contributed by atoms with E-state index in [-0.39, 0.29) is 11.9 Å². The van der Waals surface area contributed by atoms with Gasteiger partial charge in [-0.05, 0) is 31.5 Å². The highest BCUT2D eigenvalue weighted by molar-refractivity contribution is 5.86. The Balaban J connectivity index is 2.20. The van der Waals surface area contributed by atoms with Crippen molar-refractivity contribution in [1.29, 1.82) is 0 Å². The third-order valence-corrected chi connectivity index (χ3v) is 3.37. The Bertz CT molecular complexity index is 614. The lowest BCUT2D eigenvalue weighted by Gasteiger charge is -2.11. The Kier molecular flexibility index (Phi) is 5.02. The molecule has 1 amide bonds. The van der Waals surface area contributed by atoms with Crippen LogP contribution in [0.15, 0.2) is 30.5 Å². The fourth-order valence-corrected chi connectivity index (χ4v) is 2.42. The second-order valence-corrected chi connectivity index (χ2v) is 6.05. The van der Waals surface area contributed by atoms with Gasteiger partial charge in [0.15, 0.2) is 0 Å². The third-order valence-electron chi connectivity index (χ3n) is 3.37. The maximum atomic E-state index is 11.9. The first-order valence-corrected chi connectivity index (χ1v) is 7.57. The molecule has 0 fully saturated rings. The van der Waals surface area contributed by atoms with E-state index in [1.54, 1.807) is 0 Å². The molecule has 0 unspecified atom stereocenters. The zero-order chi connectivity index (χ0) is 15.4. The highest BCUT2D eigenvalue weighted by Gasteiger charge is 2.09. The molecular weight excluding hydrogens is 262 g/mol. The molecule has 0 saturated carbocycles. The van der Waals surface area contributed by atoms with Gasteiger partial charge in [-0.1, -0.05) is 26.0 Å². The normalized spacial score (nSPS) is 11.5. The molecule has 1 heterocycles. The first-order chi connectivity index (χ1) is 9.97. The van der Waals surface area contributed by atoms with E-state index < -0.39 is 0 Å². The molecule has 4 heteroatoms. The number of hydrogen-bond acceptors (Lipinski definition) is 2. The SMILES string of the molecule is CC(C)NCc1cccc2c1ccn2CC(=O)NC(C)C. The maximum absolute atomic E-state index is 11.9. The van der Waals surface area contributed by atoms with Crippen molar-refractivity contribution < 1.29 is 4.79 Å². The number of aromatic nitrogens is 1. The van der Waals surface area contributed by atoms with Crippen molar-refractivity contribution in [2.45, 2.75) is 52.9 Å². The number of carbonyl (C=O) groups excluding carboxylic acids is 1. The van der Waals surface area contributed by atoms with Crippen molar-refractivity contribution in [3.8, 4) is 0 Å². The van der Waals surface area contributed by atoms with Crippen molar-refractivity contribution in [2.75, 3.05) is 0 Å². The lowest BCUT2D eigenvalue weighted by atomic mass is 10.1. The number of rotatable bonds is 6. The van der Waals surface area contributed by atoms with Gasteiger partial charge in [0.05, 0.1) is 0 Å². The fourth-order valence-electron chi connectivity index (χ4n) is 2.42. The minimum absolute atomic E-state index is 0.0493. The summed E-state index contributed by atoms with van der Waals surface area (Å²) in [5.74, 6) is 0.0493. The first-order valence-electron chi connectivity index (χ1n) is 7.57. The van der Waals surface area contributed by atoms with Gasteiger partial charge in [0.1, 0.15) is 6.54 Å². The van der Waals surface area contributed by atoms with Gasteiger partial charge in [-0.15, -0.1) is 0 Å². The Hall–Kier alpha value is -1.81. The van der Waals surface area contributed by atoms with Crippen LogP contribution in [0.3, 0.4) is 0 Å². The number of nitrogens with one attached hydrogen (secondary N) is 2. The van der Waals surface area contributed by atoms with Crippen LogP contribution in [0.25, 0.3) is 10.9 Å². The number of fused-ring (bicyclic) bond motifs is 1. The smallest absolute Gasteiger partial charge is 0.240 e. The molecule has 1 aromatic carbocycles. The summed E-state index contributed by atoms with van der Waals surface area (Å²) in [5.41, 5.74) is 2.38. The summed E-state index contributed by atoms with van der Waals surface area (Å²) >= 11 is 0. The summed E-state index contributed by atoms with van der Waals surface area (Å²) < 4.78 is 2.01. The molecular formula is C17H25N3O. The van der Waals surface area contributed by atoms with Crippen LogP contribution < -0.4 is 10.6 Å². The van der Waals surface area contributed by atoms with Crippen molar-refractivity contribution in [2.24, 2.45) is 0 Å². The number of hydrogen-bond donors (Lipinski definition) is 2. The Morgan fingerprint density at radius 3 is 2.57 bits per heavy atom. The zero-order valence-corrected chi connectivity index (χ0v) is 13.3. The molecule has 1 aromatic heterocycles. The monoisotopic (exact) mass is 287 g/mol. The Morgan fingerprint density at radius 2 is 1.90 bits per heavy atom. The second kappa shape index (κ2) is 6.76. The van der Waals surface area contributed by atoms with Crippen LogP contribution in [0.4, 0.5) is 0 Å². The van der Waals surface area contributed by atoms with Crippen LogP contribution in [0.1, 0.15) is 33.3 Å². The van der Waals surface area contributed by atoms with Crippen LogP contribution >= 0.6 is 0 Å². The number of benzene rings is 1. The molecule has 2 aromatic rings. The average Bonchev–Trinajstić information content (AvgIpc) is 2.79. The molecule has 114 valence electrons. The zero-order valence-electron chi connectivity index (χ0n) is 13.3. The topological polar surface area (TPSA) is 46.1 Å². The third kappa shape index (κ3) is 4.08. The highest BCUT2D eigenvalue weighted by Crippen LogP contribution is 2.20. The standard InChI is InChI=1S/C17H25N3O/c1-12(2)18-10-14-6-5-7-16-15(14)8-9-20(16)11-17(21)19-13(3)4/h5-9,12-13,18H,10-11H2,1-4H3,(H,19,21). The quantitative estimate of drug-likeness (QED) is 0.858. The van der Waals surface area contributed by atoms with Crippen LogP contribution in [0, 0.1) is 0 Å². The predicted molar refractivity (Wildman–Crippen MR) is 87.2 cm³/mol. The van der Waals surface area contributed by atoms with Gasteiger partial charge in [0.25, 0.3) is 0 Å². The highest BCUT2D eigenvalue weighted by atomic mass is 16.2. The van der Waals surface area contributed by atoms with E-state index >= 15 is 0 Å². The van der Waals surface area contributed by atoms with Crippen LogP contribution in [-0.4, -0.2) is 22.6 Å². The molecule has 0 radical (unpaired) electrons. The molecule has 0 spiro atoms. The van der Waals surface area contributed by atoms with Crippen molar-refractivity contribution in [3.05, 3.63) is 36.0 Å². The predicted octanol–water partition coefficient (Wildman–Crippen LogP) is 2.66. The summed E-state index contributed by atoms with van der Waals surface area (Å²) in [4.78, 5) is 11.9. The van der Waals surface area contributed by atoms with Gasteiger partial charge < -0.3 is 15.2 Å². The van der Waals surface area contributed by atoms with E-state index in [1.807, 2.05) is 24.6 Å². The van der Waals surface area contributed by atoms with E-state index in [0.717, 1.165) is 12.1 Å². The molecule has 0 atom stereocenters. The maximum Gasteiger partial charge on any atom is 0.240 e. The molecule has 4 nitrogen and oxygen atoms in total. The van der Waals surface area contributed by atoms with Gasteiger partial charge in [0, 0.05) is 35.7 Å². The number of amides is 1. The number of carbonyl (C=O) groups is 1. The van der Waals surface area contributed by atoms with E-state index in [2.05, 4.69) is 48.7 Å². The summed E-state index contributed by atoms with van der Waals surface area (Å²) in [6.07, 6.45) is 1.99. The molecule has 0 aliphatic carbocycles. The van der Waals surface area contributed by atoms with Crippen molar-refractivity contribution in [3.63, 3.8) is 0 Å². The largest absolute Gasteiger partial charge is 0.352 e. The fraction of sp³-hybridized carbons (Fsp3) is 0.471. The number of nitrogens with zero attached hydrogens (tertiary/aromatic N) is 1. The average molecular weight is 287 g/mol. The van der Waals surface area contributed by atoms with Crippen molar-refractivity contribution >= 4 is 16.8 Å². The van der Waals surface area contributed by atoms with E-state index in [9.17, 15) is 4.79 Å². The molecule has 0 aliphatic heterocycles. The van der Waals surface area contributed by atoms with E-state index in [0.29, 0.717) is 12.6 Å². The summed E-state index contributed by atoms with van der Waals surface area (Å²) in [7, 11) is 0. The molecule has 0 bridgehead atoms. The van der Waals surface area contributed by atoms with Crippen molar-refractivity contribution in [1.82, 2.24) is 15.2 Å². The van der Waals surface area contributed by atoms with Gasteiger partial charge in [-0.3, -0.25) is 4.79 Å². The minimum Gasteiger partial charge on any atom is -0.352 e. The molecule has 2 N–H and O–H groups in total. The molecule has 0 saturated heterocycles. The van der Waals surface area contributed by atoms with Crippen LogP contribution in [-0.2, 0) is 17.9 Å². The van der Waals surface area contributed by atoms with E-state index in [4.69, 9.17) is 0 Å². The first kappa shape index (κ1) is 15.6. The molecule has 0 aliphatic rings. The van der Waals surface area contributed by atoms with Gasteiger partial charge in [0.2, 0.25) is 5.91 Å². The Morgan fingerprint density at radius 1 is 1.14 bits per heavy atom. The van der Waals surface area contributed by atoms with Gasteiger partial charge in [-0.2, -0.15) is 0 Å². The summed E-state index contributed by atoms with van der Waals surface area (Å²) in [5, 5.41) is 7.58. The van der Waals surface area contributed by atoms with Crippen LogP contribution in [0.5, 0.6) is 0 Å². The van der Waals surface area contributed by atoms with E-state index in [1.165, 1.54) is 10.9 Å². The summed E-state index contributed by atoms with van der Waals surface area (Å²) in [6.45, 7) is 9.44. The molecule has 21 heavy (non-hydrogen) atoms. The second-order valence-electron chi connectivity index (χ2n) is 6.05. The van der Waals surface area contributed by atoms with Crippen LogP contribution in [0.2, 0.25) is 0 Å². The Labute approximate surface area is 126 Å². The lowest BCUT2D eigenvalue weighted by Crippen LogP contribution is -2.32. The summed E-state index contributed by atoms with van der Waals surface area (Å²) in [6, 6.07) is 8.98.